The van der Waals surface area contributed by atoms with Gasteiger partial charge in [0.25, 0.3) is 0 Å². The van der Waals surface area contributed by atoms with Gasteiger partial charge in [0.15, 0.2) is 0 Å². The van der Waals surface area contributed by atoms with Crippen molar-refractivity contribution in [2.45, 2.75) is 25.7 Å². The first-order chi connectivity index (χ1) is 4.79. The Morgan fingerprint density at radius 3 is 2.50 bits per heavy atom. The molecule has 0 heterocycles. The molecule has 0 radical (unpaired) electrons. The third-order valence-electron chi connectivity index (χ3n) is 1.88. The van der Waals surface area contributed by atoms with Crippen LogP contribution in [0.3, 0.4) is 0 Å². The van der Waals surface area contributed by atoms with Gasteiger partial charge in [-0.1, -0.05) is 12.8 Å². The minimum absolute atomic E-state index is 0.391. The fourth-order valence-corrected chi connectivity index (χ4v) is 1.34. The fraction of sp³-hybridized carbons (Fsp3) is 0.714. The monoisotopic (exact) mass is 141 g/mol. The van der Waals surface area contributed by atoms with Gasteiger partial charge in [0.2, 0.25) is 6.20 Å². The summed E-state index contributed by atoms with van der Waals surface area (Å²) in [5.74, 6) is 0.477. The second kappa shape index (κ2) is 3.34. The smallest absolute Gasteiger partial charge is 0.230 e. The molecule has 0 saturated heterocycles. The van der Waals surface area contributed by atoms with Crippen LogP contribution >= 0.6 is 0 Å². The summed E-state index contributed by atoms with van der Waals surface area (Å²) in [5, 5.41) is 9.87. The average Bonchev–Trinajstić information content (AvgIpc) is 2.34. The first-order valence-electron chi connectivity index (χ1n) is 3.61. The van der Waals surface area contributed by atoms with E-state index in [1.54, 1.807) is 6.08 Å². The maximum Gasteiger partial charge on any atom is 0.230 e. The van der Waals surface area contributed by atoms with Gasteiger partial charge in [0.05, 0.1) is 4.92 Å². The van der Waals surface area contributed by atoms with E-state index in [0.29, 0.717) is 5.92 Å². The van der Waals surface area contributed by atoms with E-state index in [0.717, 1.165) is 19.0 Å². The maximum atomic E-state index is 9.87. The lowest BCUT2D eigenvalue weighted by molar-refractivity contribution is -0.402. The van der Waals surface area contributed by atoms with Gasteiger partial charge < -0.3 is 0 Å². The molecule has 3 heteroatoms. The molecule has 0 aliphatic heterocycles. The Morgan fingerprint density at radius 2 is 2.00 bits per heavy atom. The number of hydrogen-bond donors (Lipinski definition) is 0. The molecule has 1 saturated carbocycles. The molecule has 0 spiro atoms. The van der Waals surface area contributed by atoms with Crippen LogP contribution in [0.1, 0.15) is 25.7 Å². The Morgan fingerprint density at radius 1 is 1.40 bits per heavy atom. The Balaban J connectivity index is 2.29. The highest BCUT2D eigenvalue weighted by atomic mass is 16.6. The first-order valence-corrected chi connectivity index (χ1v) is 3.61. The van der Waals surface area contributed by atoms with Crippen LogP contribution in [-0.2, 0) is 0 Å². The summed E-state index contributed by atoms with van der Waals surface area (Å²) in [6.07, 6.45) is 7.50. The highest BCUT2D eigenvalue weighted by Crippen LogP contribution is 2.25. The molecule has 3 nitrogen and oxygen atoms in total. The van der Waals surface area contributed by atoms with Crippen molar-refractivity contribution in [1.29, 1.82) is 0 Å². The van der Waals surface area contributed by atoms with E-state index in [2.05, 4.69) is 0 Å². The lowest BCUT2D eigenvalue weighted by Crippen LogP contribution is -1.89. The summed E-state index contributed by atoms with van der Waals surface area (Å²) in [7, 11) is 0. The second-order valence-corrected chi connectivity index (χ2v) is 2.67. The van der Waals surface area contributed by atoms with Crippen LogP contribution in [0.4, 0.5) is 0 Å². The quantitative estimate of drug-likeness (QED) is 0.436. The van der Waals surface area contributed by atoms with E-state index >= 15 is 0 Å². The van der Waals surface area contributed by atoms with Crippen molar-refractivity contribution in [2.24, 2.45) is 5.92 Å². The topological polar surface area (TPSA) is 43.1 Å². The number of nitro groups is 1. The molecule has 0 atom stereocenters. The molecule has 0 aromatic carbocycles. The molecule has 0 amide bonds. The Kier molecular flexibility index (Phi) is 2.42. The summed E-state index contributed by atoms with van der Waals surface area (Å²) in [6.45, 7) is 0. The predicted octanol–water partition coefficient (Wildman–Crippen LogP) is 1.97. The zero-order valence-corrected chi connectivity index (χ0v) is 5.82. The van der Waals surface area contributed by atoms with Crippen molar-refractivity contribution < 1.29 is 4.92 Å². The van der Waals surface area contributed by atoms with E-state index in [1.165, 1.54) is 12.8 Å². The zero-order valence-electron chi connectivity index (χ0n) is 5.82. The molecule has 1 rings (SSSR count). The molecule has 10 heavy (non-hydrogen) atoms. The minimum Gasteiger partial charge on any atom is -0.259 e. The van der Waals surface area contributed by atoms with Gasteiger partial charge in [-0.15, -0.1) is 0 Å². The molecule has 1 fully saturated rings. The van der Waals surface area contributed by atoms with Crippen LogP contribution in [0.25, 0.3) is 0 Å². The Hall–Kier alpha value is -0.860. The standard InChI is InChI=1S/C7H11NO2/c9-8(10)6-5-7-3-1-2-4-7/h5-7H,1-4H2. The van der Waals surface area contributed by atoms with Crippen LogP contribution < -0.4 is 0 Å². The van der Waals surface area contributed by atoms with Crippen LogP contribution in [0, 0.1) is 16.0 Å². The SMILES string of the molecule is O=[N+]([O-])C=CC1CCCC1. The van der Waals surface area contributed by atoms with Gasteiger partial charge in [-0.3, -0.25) is 10.1 Å². The Labute approximate surface area is 59.9 Å². The summed E-state index contributed by atoms with van der Waals surface area (Å²) >= 11 is 0. The van der Waals surface area contributed by atoms with E-state index in [-0.39, 0.29) is 0 Å². The molecule has 56 valence electrons. The molecular formula is C7H11NO2. The normalized spacial score (nSPS) is 20.4. The highest BCUT2D eigenvalue weighted by molar-refractivity contribution is 4.85. The number of hydrogen-bond acceptors (Lipinski definition) is 2. The van der Waals surface area contributed by atoms with Crippen molar-refractivity contribution in [3.63, 3.8) is 0 Å². The van der Waals surface area contributed by atoms with Gasteiger partial charge in [-0.2, -0.15) is 0 Å². The first kappa shape index (κ1) is 7.25. The molecule has 0 N–H and O–H groups in total. The molecule has 0 aromatic rings. The van der Waals surface area contributed by atoms with E-state index < -0.39 is 4.92 Å². The number of nitrogens with zero attached hydrogens (tertiary/aromatic N) is 1. The zero-order chi connectivity index (χ0) is 7.40. The fourth-order valence-electron chi connectivity index (χ4n) is 1.34. The summed E-state index contributed by atoms with van der Waals surface area (Å²) in [6, 6.07) is 0. The van der Waals surface area contributed by atoms with Gasteiger partial charge in [0.1, 0.15) is 0 Å². The van der Waals surface area contributed by atoms with Crippen molar-refractivity contribution >= 4 is 0 Å². The predicted molar refractivity (Wildman–Crippen MR) is 38.1 cm³/mol. The van der Waals surface area contributed by atoms with Crippen molar-refractivity contribution in [1.82, 2.24) is 0 Å². The third kappa shape index (κ3) is 2.17. The van der Waals surface area contributed by atoms with Crippen molar-refractivity contribution in [3.8, 4) is 0 Å². The minimum atomic E-state index is -0.391. The lowest BCUT2D eigenvalue weighted by atomic mass is 10.1. The van der Waals surface area contributed by atoms with E-state index in [9.17, 15) is 10.1 Å². The summed E-state index contributed by atoms with van der Waals surface area (Å²) in [4.78, 5) is 9.48. The highest BCUT2D eigenvalue weighted by Gasteiger charge is 2.12. The molecular weight excluding hydrogens is 130 g/mol. The molecule has 1 aliphatic carbocycles. The van der Waals surface area contributed by atoms with Crippen molar-refractivity contribution in [2.75, 3.05) is 0 Å². The average molecular weight is 141 g/mol. The molecule has 0 unspecified atom stereocenters. The van der Waals surface area contributed by atoms with Gasteiger partial charge in [0, 0.05) is 0 Å². The second-order valence-electron chi connectivity index (χ2n) is 2.67. The lowest BCUT2D eigenvalue weighted by Gasteiger charge is -1.95. The van der Waals surface area contributed by atoms with E-state index in [1.807, 2.05) is 0 Å². The van der Waals surface area contributed by atoms with Crippen LogP contribution in [-0.4, -0.2) is 4.92 Å². The van der Waals surface area contributed by atoms with Crippen molar-refractivity contribution in [3.05, 3.63) is 22.4 Å². The van der Waals surface area contributed by atoms with Gasteiger partial charge in [-0.25, -0.2) is 0 Å². The third-order valence-corrected chi connectivity index (χ3v) is 1.88. The summed E-state index contributed by atoms with van der Waals surface area (Å²) < 4.78 is 0. The summed E-state index contributed by atoms with van der Waals surface area (Å²) in [5.41, 5.74) is 0. The molecule has 0 bridgehead atoms. The van der Waals surface area contributed by atoms with Crippen LogP contribution in [0.15, 0.2) is 12.3 Å². The number of rotatable bonds is 2. The Bertz CT molecular complexity index is 148. The van der Waals surface area contributed by atoms with E-state index in [4.69, 9.17) is 0 Å². The van der Waals surface area contributed by atoms with Gasteiger partial charge in [-0.05, 0) is 24.8 Å². The largest absolute Gasteiger partial charge is 0.259 e. The molecule has 0 aromatic heterocycles. The molecule has 1 aliphatic rings. The van der Waals surface area contributed by atoms with Gasteiger partial charge >= 0.3 is 0 Å². The van der Waals surface area contributed by atoms with Crippen LogP contribution in [0.2, 0.25) is 0 Å². The maximum absolute atomic E-state index is 9.87. The van der Waals surface area contributed by atoms with Crippen LogP contribution in [0.5, 0.6) is 0 Å². The number of allylic oxidation sites excluding steroid dienone is 1.